The van der Waals surface area contributed by atoms with Crippen LogP contribution in [0.5, 0.6) is 5.75 Å². The average Bonchev–Trinajstić information content (AvgIpc) is 2.08. The summed E-state index contributed by atoms with van der Waals surface area (Å²) in [7, 11) is 0. The molecule has 1 aromatic rings. The lowest BCUT2D eigenvalue weighted by Gasteiger charge is -2.09. The molecule has 0 unspecified atom stereocenters. The molecule has 0 heterocycles. The van der Waals surface area contributed by atoms with Crippen LogP contribution in [0.3, 0.4) is 0 Å². The van der Waals surface area contributed by atoms with E-state index in [1.165, 1.54) is 0 Å². The summed E-state index contributed by atoms with van der Waals surface area (Å²) in [5.41, 5.74) is 0. The van der Waals surface area contributed by atoms with Gasteiger partial charge in [-0.25, -0.2) is 0 Å². The van der Waals surface area contributed by atoms with Gasteiger partial charge in [-0.2, -0.15) is 0 Å². The molecule has 1 aromatic carbocycles. The highest BCUT2D eigenvalue weighted by Gasteiger charge is 2.08. The van der Waals surface area contributed by atoms with E-state index in [0.717, 1.165) is 16.5 Å². The number of carboxylic acid groups (broad SMARTS) is 1. The fourth-order valence-corrected chi connectivity index (χ4v) is 4.80. The Morgan fingerprint density at radius 3 is 2.27 bits per heavy atom. The number of carbonyl (C=O) groups is 1. The van der Waals surface area contributed by atoms with Crippen LogP contribution in [0, 0.1) is 10.7 Å². The molecule has 0 atom stereocenters. The van der Waals surface area contributed by atoms with Crippen molar-refractivity contribution in [3.05, 3.63) is 22.8 Å². The van der Waals surface area contributed by atoms with E-state index in [9.17, 15) is 4.79 Å². The molecule has 3 nitrogen and oxygen atoms in total. The fourth-order valence-electron chi connectivity index (χ4n) is 0.907. The summed E-state index contributed by atoms with van der Waals surface area (Å²) in [6, 6.07) is 4.00. The number of rotatable bonds is 4. The normalized spacial score (nSPS) is 10.1. The van der Waals surface area contributed by atoms with Crippen molar-refractivity contribution < 1.29 is 14.6 Å². The topological polar surface area (TPSA) is 46.5 Å². The van der Waals surface area contributed by atoms with Crippen LogP contribution in [0.2, 0.25) is 0 Å². The lowest BCUT2D eigenvalue weighted by molar-refractivity contribution is -0.137. The van der Waals surface area contributed by atoms with E-state index in [1.807, 2.05) is 12.1 Å². The molecule has 0 fully saturated rings. The van der Waals surface area contributed by atoms with Crippen LogP contribution in [-0.4, -0.2) is 17.7 Å². The Bertz CT molecular complexity index is 356. The first kappa shape index (κ1) is 13.7. The third kappa shape index (κ3) is 4.59. The summed E-state index contributed by atoms with van der Waals surface area (Å²) >= 11 is 6.61. The van der Waals surface area contributed by atoms with Gasteiger partial charge in [-0.15, -0.1) is 0 Å². The molecule has 0 amide bonds. The van der Waals surface area contributed by atoms with Crippen LogP contribution in [0.25, 0.3) is 0 Å². The van der Waals surface area contributed by atoms with Crippen molar-refractivity contribution in [2.45, 2.75) is 6.42 Å². The molecular formula is C9H7I3O3. The van der Waals surface area contributed by atoms with Crippen molar-refractivity contribution in [1.82, 2.24) is 0 Å². The van der Waals surface area contributed by atoms with Crippen molar-refractivity contribution >= 4 is 73.7 Å². The summed E-state index contributed by atoms with van der Waals surface area (Å²) in [5, 5.41) is 8.49. The quantitative estimate of drug-likeness (QED) is 0.593. The van der Waals surface area contributed by atoms with Gasteiger partial charge in [0.15, 0.2) is 0 Å². The number of hydrogen-bond donors (Lipinski definition) is 1. The van der Waals surface area contributed by atoms with E-state index in [0.29, 0.717) is 0 Å². The molecule has 0 spiro atoms. The number of carboxylic acids is 1. The maximum Gasteiger partial charge on any atom is 0.306 e. The lowest BCUT2D eigenvalue weighted by Crippen LogP contribution is -2.06. The first-order valence-corrected chi connectivity index (χ1v) is 7.23. The molecule has 0 saturated heterocycles. The number of ether oxygens (including phenoxy) is 1. The van der Waals surface area contributed by atoms with Crippen molar-refractivity contribution in [1.29, 1.82) is 0 Å². The van der Waals surface area contributed by atoms with Gasteiger partial charge < -0.3 is 9.84 Å². The van der Waals surface area contributed by atoms with Crippen LogP contribution in [0.15, 0.2) is 12.1 Å². The molecule has 0 aliphatic rings. The van der Waals surface area contributed by atoms with E-state index in [4.69, 9.17) is 9.84 Å². The highest BCUT2D eigenvalue weighted by molar-refractivity contribution is 14.1. The van der Waals surface area contributed by atoms with Crippen LogP contribution in [0.1, 0.15) is 6.42 Å². The first-order chi connectivity index (χ1) is 7.00. The highest BCUT2D eigenvalue weighted by atomic mass is 127. The zero-order valence-corrected chi connectivity index (χ0v) is 13.9. The molecule has 82 valence electrons. The van der Waals surface area contributed by atoms with Crippen LogP contribution < -0.4 is 4.74 Å². The number of aliphatic carboxylic acids is 1. The lowest BCUT2D eigenvalue weighted by atomic mass is 10.3. The minimum atomic E-state index is -0.842. The van der Waals surface area contributed by atoms with Gasteiger partial charge in [0, 0.05) is 3.57 Å². The number of hydrogen-bond acceptors (Lipinski definition) is 2. The number of halogens is 3. The SMILES string of the molecule is O=C(O)CCOc1c(I)cc(I)cc1I. The Kier molecular flexibility index (Phi) is 5.89. The van der Waals surface area contributed by atoms with Gasteiger partial charge in [0.05, 0.1) is 20.2 Å². The van der Waals surface area contributed by atoms with Crippen molar-refractivity contribution in [2.75, 3.05) is 6.61 Å². The summed E-state index contributed by atoms with van der Waals surface area (Å²) in [4.78, 5) is 10.3. The van der Waals surface area contributed by atoms with Crippen molar-refractivity contribution in [3.8, 4) is 5.75 Å². The summed E-state index contributed by atoms with van der Waals surface area (Å²) < 4.78 is 8.60. The zero-order chi connectivity index (χ0) is 11.4. The highest BCUT2D eigenvalue weighted by Crippen LogP contribution is 2.29. The van der Waals surface area contributed by atoms with Gasteiger partial charge >= 0.3 is 5.97 Å². The second-order valence-corrected chi connectivity index (χ2v) is 6.26. The monoisotopic (exact) mass is 544 g/mol. The van der Waals surface area contributed by atoms with Crippen LogP contribution in [0.4, 0.5) is 0 Å². The molecule has 6 heteroatoms. The van der Waals surface area contributed by atoms with Crippen molar-refractivity contribution in [2.24, 2.45) is 0 Å². The molecule has 1 N–H and O–H groups in total. The molecule has 0 radical (unpaired) electrons. The standard InChI is InChI=1S/C9H7I3O3/c10-5-3-6(11)9(7(12)4-5)15-2-1-8(13)14/h3-4H,1-2H2,(H,13,14). The van der Waals surface area contributed by atoms with Crippen molar-refractivity contribution in [3.63, 3.8) is 0 Å². The summed E-state index contributed by atoms with van der Waals surface area (Å²) in [6.07, 6.45) is 0.0259. The third-order valence-electron chi connectivity index (χ3n) is 1.53. The third-order valence-corrected chi connectivity index (χ3v) is 3.75. The second-order valence-electron chi connectivity index (χ2n) is 2.69. The van der Waals surface area contributed by atoms with E-state index in [2.05, 4.69) is 67.8 Å². The predicted octanol–water partition coefficient (Wildman–Crippen LogP) is 3.35. The Hall–Kier alpha value is 0.680. The van der Waals surface area contributed by atoms with Crippen LogP contribution in [-0.2, 0) is 4.79 Å². The minimum Gasteiger partial charge on any atom is -0.491 e. The molecule has 0 aliphatic heterocycles. The average molecular weight is 544 g/mol. The molecule has 0 saturated carbocycles. The Labute approximate surface area is 128 Å². The smallest absolute Gasteiger partial charge is 0.306 e. The molecule has 0 bridgehead atoms. The van der Waals surface area contributed by atoms with E-state index in [-0.39, 0.29) is 13.0 Å². The van der Waals surface area contributed by atoms with Gasteiger partial charge in [-0.1, -0.05) is 0 Å². The van der Waals surface area contributed by atoms with Crippen LogP contribution >= 0.6 is 67.8 Å². The number of benzene rings is 1. The zero-order valence-electron chi connectivity index (χ0n) is 7.47. The Morgan fingerprint density at radius 2 is 1.80 bits per heavy atom. The summed E-state index contributed by atoms with van der Waals surface area (Å²) in [6.45, 7) is 0.210. The Morgan fingerprint density at radius 1 is 1.27 bits per heavy atom. The van der Waals surface area contributed by atoms with Gasteiger partial charge in [-0.05, 0) is 79.9 Å². The molecular weight excluding hydrogens is 537 g/mol. The maximum absolute atomic E-state index is 10.3. The predicted molar refractivity (Wildman–Crippen MR) is 82.3 cm³/mol. The summed E-state index contributed by atoms with van der Waals surface area (Å²) in [5.74, 6) is -0.0663. The Balaban J connectivity index is 2.72. The maximum atomic E-state index is 10.3. The second kappa shape index (κ2) is 6.42. The van der Waals surface area contributed by atoms with E-state index < -0.39 is 5.97 Å². The van der Waals surface area contributed by atoms with Gasteiger partial charge in [0.2, 0.25) is 0 Å². The minimum absolute atomic E-state index is 0.0259. The van der Waals surface area contributed by atoms with Gasteiger partial charge in [0.25, 0.3) is 0 Å². The molecule has 1 rings (SSSR count). The van der Waals surface area contributed by atoms with Gasteiger partial charge in [-0.3, -0.25) is 4.79 Å². The largest absolute Gasteiger partial charge is 0.491 e. The fraction of sp³-hybridized carbons (Fsp3) is 0.222. The van der Waals surface area contributed by atoms with Gasteiger partial charge in [0.1, 0.15) is 5.75 Å². The molecule has 0 aliphatic carbocycles. The molecule has 15 heavy (non-hydrogen) atoms. The van der Waals surface area contributed by atoms with E-state index >= 15 is 0 Å². The first-order valence-electron chi connectivity index (χ1n) is 4.00. The molecule has 0 aromatic heterocycles. The van der Waals surface area contributed by atoms with E-state index in [1.54, 1.807) is 0 Å².